The lowest BCUT2D eigenvalue weighted by Gasteiger charge is -2.18. The van der Waals surface area contributed by atoms with Crippen molar-refractivity contribution in [1.82, 2.24) is 4.90 Å². The molecule has 1 aliphatic carbocycles. The Morgan fingerprint density at radius 3 is 2.61 bits per heavy atom. The highest BCUT2D eigenvalue weighted by Gasteiger charge is 2.58. The van der Waals surface area contributed by atoms with Gasteiger partial charge in [0, 0.05) is 11.3 Å². The number of amides is 2. The summed E-state index contributed by atoms with van der Waals surface area (Å²) >= 11 is 0. The number of benzene rings is 1. The van der Waals surface area contributed by atoms with Crippen molar-refractivity contribution in [1.29, 1.82) is 0 Å². The van der Waals surface area contributed by atoms with Crippen LogP contribution in [0.5, 0.6) is 5.75 Å². The Labute approximate surface area is 105 Å². The monoisotopic (exact) mass is 246 g/mol. The largest absolute Gasteiger partial charge is 0.496 e. The van der Waals surface area contributed by atoms with Gasteiger partial charge in [-0.15, -0.1) is 0 Å². The van der Waals surface area contributed by atoms with Gasteiger partial charge in [-0.05, 0) is 24.6 Å². The number of likely N-dealkylation sites (tertiary alicyclic amines) is 1. The lowest BCUT2D eigenvalue weighted by atomic mass is 10.1. The predicted molar refractivity (Wildman–Crippen MR) is 64.6 cm³/mol. The van der Waals surface area contributed by atoms with E-state index in [-0.39, 0.29) is 30.2 Å². The Bertz CT molecular complexity index is 521. The van der Waals surface area contributed by atoms with Crippen LogP contribution in [0, 0.1) is 11.8 Å². The quantitative estimate of drug-likeness (QED) is 0.632. The maximum absolute atomic E-state index is 11.9. The Kier molecular flexibility index (Phi) is 2.29. The van der Waals surface area contributed by atoms with Gasteiger partial charge in [-0.25, -0.2) is 0 Å². The van der Waals surface area contributed by atoms with E-state index in [9.17, 15) is 9.59 Å². The van der Waals surface area contributed by atoms with Crippen LogP contribution in [0.15, 0.2) is 18.2 Å². The summed E-state index contributed by atoms with van der Waals surface area (Å²) in [4.78, 5) is 25.1. The van der Waals surface area contributed by atoms with Gasteiger partial charge in [0.25, 0.3) is 0 Å². The number of hydrogen-bond acceptors (Lipinski definition) is 4. The van der Waals surface area contributed by atoms with Gasteiger partial charge in [0.05, 0.1) is 25.5 Å². The topological polar surface area (TPSA) is 72.6 Å². The van der Waals surface area contributed by atoms with E-state index in [0.717, 1.165) is 12.0 Å². The predicted octanol–water partition coefficient (Wildman–Crippen LogP) is 0.782. The number of ether oxygens (including phenoxy) is 1. The van der Waals surface area contributed by atoms with Crippen LogP contribution in [0.2, 0.25) is 0 Å². The molecule has 1 heterocycles. The summed E-state index contributed by atoms with van der Waals surface area (Å²) in [6.07, 6.45) is 0.724. The van der Waals surface area contributed by atoms with Crippen molar-refractivity contribution < 1.29 is 14.3 Å². The van der Waals surface area contributed by atoms with Crippen molar-refractivity contribution in [3.63, 3.8) is 0 Å². The van der Waals surface area contributed by atoms with E-state index < -0.39 is 0 Å². The molecule has 0 radical (unpaired) electrons. The van der Waals surface area contributed by atoms with Crippen LogP contribution in [0.3, 0.4) is 0 Å². The summed E-state index contributed by atoms with van der Waals surface area (Å²) in [5.74, 6) is 0.392. The van der Waals surface area contributed by atoms with Crippen LogP contribution in [0.4, 0.5) is 5.69 Å². The van der Waals surface area contributed by atoms with E-state index in [1.807, 2.05) is 0 Å². The Balaban J connectivity index is 1.86. The highest BCUT2D eigenvalue weighted by Crippen LogP contribution is 2.47. The highest BCUT2D eigenvalue weighted by atomic mass is 16.5. The van der Waals surface area contributed by atoms with Crippen molar-refractivity contribution >= 4 is 17.5 Å². The van der Waals surface area contributed by atoms with Gasteiger partial charge in [-0.3, -0.25) is 14.5 Å². The van der Waals surface area contributed by atoms with Gasteiger partial charge in [-0.1, -0.05) is 0 Å². The number of nitrogens with zero attached hydrogens (tertiary/aromatic N) is 1. The second-order valence-electron chi connectivity index (χ2n) is 4.78. The first-order chi connectivity index (χ1) is 8.61. The minimum Gasteiger partial charge on any atom is -0.496 e. The van der Waals surface area contributed by atoms with Crippen LogP contribution < -0.4 is 10.5 Å². The van der Waals surface area contributed by atoms with Crippen LogP contribution in [-0.2, 0) is 16.1 Å². The van der Waals surface area contributed by atoms with E-state index in [4.69, 9.17) is 10.5 Å². The molecule has 5 nitrogen and oxygen atoms in total. The number of imide groups is 1. The molecule has 2 fully saturated rings. The number of fused-ring (bicyclic) bond motifs is 1. The van der Waals surface area contributed by atoms with E-state index in [2.05, 4.69) is 0 Å². The Hall–Kier alpha value is -2.04. The molecule has 1 aromatic carbocycles. The number of carbonyl (C=O) groups is 2. The third-order valence-electron chi connectivity index (χ3n) is 3.59. The number of rotatable bonds is 3. The van der Waals surface area contributed by atoms with E-state index >= 15 is 0 Å². The van der Waals surface area contributed by atoms with Gasteiger partial charge in [0.2, 0.25) is 11.8 Å². The first-order valence-corrected chi connectivity index (χ1v) is 5.89. The first-order valence-electron chi connectivity index (χ1n) is 5.89. The van der Waals surface area contributed by atoms with E-state index in [1.54, 1.807) is 25.3 Å². The summed E-state index contributed by atoms with van der Waals surface area (Å²) in [6, 6.07) is 5.22. The fourth-order valence-corrected chi connectivity index (χ4v) is 2.50. The fraction of sp³-hybridized carbons (Fsp3) is 0.385. The normalized spacial score (nSPS) is 25.3. The summed E-state index contributed by atoms with van der Waals surface area (Å²) in [7, 11) is 1.56. The van der Waals surface area contributed by atoms with Crippen molar-refractivity contribution in [2.24, 2.45) is 11.8 Å². The molecule has 2 atom stereocenters. The molecular weight excluding hydrogens is 232 g/mol. The summed E-state index contributed by atoms with van der Waals surface area (Å²) in [5.41, 5.74) is 7.07. The molecule has 0 spiro atoms. The molecule has 18 heavy (non-hydrogen) atoms. The van der Waals surface area contributed by atoms with Crippen molar-refractivity contribution in [2.45, 2.75) is 13.0 Å². The van der Waals surface area contributed by atoms with Gasteiger partial charge >= 0.3 is 0 Å². The summed E-state index contributed by atoms with van der Waals surface area (Å²) < 4.78 is 5.21. The minimum atomic E-state index is -0.0652. The number of piperidine rings is 1. The molecule has 2 N–H and O–H groups in total. The molecule has 3 rings (SSSR count). The molecular formula is C13H14N2O3. The van der Waals surface area contributed by atoms with Crippen LogP contribution >= 0.6 is 0 Å². The number of anilines is 1. The molecule has 2 unspecified atom stereocenters. The van der Waals surface area contributed by atoms with Crippen molar-refractivity contribution in [2.75, 3.05) is 12.8 Å². The highest BCUT2D eigenvalue weighted by molar-refractivity contribution is 6.08. The number of nitrogens with two attached hydrogens (primary N) is 1. The molecule has 1 saturated carbocycles. The molecule has 94 valence electrons. The number of carbonyl (C=O) groups excluding carboxylic acids is 2. The maximum Gasteiger partial charge on any atom is 0.233 e. The lowest BCUT2D eigenvalue weighted by molar-refractivity contribution is -0.142. The average molecular weight is 246 g/mol. The smallest absolute Gasteiger partial charge is 0.233 e. The number of methoxy groups -OCH3 is 1. The van der Waals surface area contributed by atoms with Crippen LogP contribution in [0.25, 0.3) is 0 Å². The Morgan fingerprint density at radius 1 is 1.33 bits per heavy atom. The lowest BCUT2D eigenvalue weighted by Crippen LogP contribution is -2.32. The van der Waals surface area contributed by atoms with E-state index in [0.29, 0.717) is 11.4 Å². The SMILES string of the molecule is COc1ccc(N)cc1CN1C(=O)C2CC2C1=O. The maximum atomic E-state index is 11.9. The third kappa shape index (κ3) is 1.54. The molecule has 1 aliphatic heterocycles. The van der Waals surface area contributed by atoms with Gasteiger partial charge in [0.1, 0.15) is 5.75 Å². The zero-order valence-corrected chi connectivity index (χ0v) is 10.1. The third-order valence-corrected chi connectivity index (χ3v) is 3.59. The minimum absolute atomic E-state index is 0.0607. The van der Waals surface area contributed by atoms with Gasteiger partial charge < -0.3 is 10.5 Å². The molecule has 5 heteroatoms. The first kappa shape index (κ1) is 11.1. The van der Waals surface area contributed by atoms with Crippen LogP contribution in [0.1, 0.15) is 12.0 Å². The second kappa shape index (κ2) is 3.73. The van der Waals surface area contributed by atoms with Crippen molar-refractivity contribution in [3.8, 4) is 5.75 Å². The standard InChI is InChI=1S/C13H14N2O3/c1-18-11-3-2-8(14)4-7(11)6-15-12(16)9-5-10(9)13(15)17/h2-4,9-10H,5-6,14H2,1H3. The van der Waals surface area contributed by atoms with Gasteiger partial charge in [-0.2, -0.15) is 0 Å². The molecule has 0 bridgehead atoms. The van der Waals surface area contributed by atoms with E-state index in [1.165, 1.54) is 4.90 Å². The zero-order chi connectivity index (χ0) is 12.9. The summed E-state index contributed by atoms with van der Waals surface area (Å²) in [6.45, 7) is 0.249. The average Bonchev–Trinajstić information content (AvgIpc) is 3.10. The van der Waals surface area contributed by atoms with Gasteiger partial charge in [0.15, 0.2) is 0 Å². The fourth-order valence-electron chi connectivity index (χ4n) is 2.50. The van der Waals surface area contributed by atoms with Crippen LogP contribution in [-0.4, -0.2) is 23.8 Å². The molecule has 0 aromatic heterocycles. The zero-order valence-electron chi connectivity index (χ0n) is 10.1. The summed E-state index contributed by atoms with van der Waals surface area (Å²) in [5, 5.41) is 0. The van der Waals surface area contributed by atoms with Crippen molar-refractivity contribution in [3.05, 3.63) is 23.8 Å². The molecule has 2 aliphatic rings. The number of nitrogen functional groups attached to an aromatic ring is 1. The Morgan fingerprint density at radius 2 is 2.00 bits per heavy atom. The molecule has 2 amide bonds. The molecule has 1 saturated heterocycles. The second-order valence-corrected chi connectivity index (χ2v) is 4.78. The number of hydrogen-bond donors (Lipinski definition) is 1. The molecule has 1 aromatic rings.